The van der Waals surface area contributed by atoms with Crippen molar-refractivity contribution in [1.82, 2.24) is 14.8 Å². The van der Waals surface area contributed by atoms with Crippen molar-refractivity contribution < 1.29 is 9.59 Å². The first-order valence-electron chi connectivity index (χ1n) is 9.23. The summed E-state index contributed by atoms with van der Waals surface area (Å²) in [4.78, 5) is 36.4. The van der Waals surface area contributed by atoms with Crippen LogP contribution in [0.5, 0.6) is 0 Å². The number of rotatable bonds is 2. The van der Waals surface area contributed by atoms with Gasteiger partial charge < -0.3 is 10.2 Å². The van der Waals surface area contributed by atoms with E-state index >= 15 is 0 Å². The highest BCUT2D eigenvalue weighted by Crippen LogP contribution is 2.36. The summed E-state index contributed by atoms with van der Waals surface area (Å²) >= 11 is 0. The number of aromatic nitrogens is 1. The lowest BCUT2D eigenvalue weighted by atomic mass is 10.1. The Kier molecular flexibility index (Phi) is 4.87. The number of nitrogens with one attached hydrogen (secondary N) is 1. The van der Waals surface area contributed by atoms with Crippen LogP contribution < -0.4 is 10.2 Å². The van der Waals surface area contributed by atoms with Gasteiger partial charge in [-0.15, -0.1) is 0 Å². The molecule has 7 heteroatoms. The number of hydrogen-bond donors (Lipinski definition) is 1. The highest BCUT2D eigenvalue weighted by Gasteiger charge is 2.31. The van der Waals surface area contributed by atoms with Crippen LogP contribution in [0.15, 0.2) is 42.6 Å². The van der Waals surface area contributed by atoms with Crippen molar-refractivity contribution in [1.29, 1.82) is 0 Å². The molecule has 2 aromatic rings. The van der Waals surface area contributed by atoms with E-state index in [4.69, 9.17) is 0 Å². The number of benzene rings is 1. The molecule has 0 spiro atoms. The van der Waals surface area contributed by atoms with E-state index in [1.807, 2.05) is 6.07 Å². The van der Waals surface area contributed by atoms with Crippen LogP contribution in [0.25, 0.3) is 0 Å². The van der Waals surface area contributed by atoms with Crippen LogP contribution in [0.4, 0.5) is 17.2 Å². The molecule has 0 radical (unpaired) electrons. The molecule has 0 atom stereocenters. The Labute approximate surface area is 158 Å². The maximum Gasteiger partial charge on any atom is 0.257 e. The van der Waals surface area contributed by atoms with E-state index in [1.54, 1.807) is 41.4 Å². The molecular formula is C20H23N5O2. The van der Waals surface area contributed by atoms with Gasteiger partial charge in [0.2, 0.25) is 5.91 Å². The monoisotopic (exact) mass is 365 g/mol. The second kappa shape index (κ2) is 7.46. The van der Waals surface area contributed by atoms with Crippen molar-refractivity contribution in [3.63, 3.8) is 0 Å². The molecule has 0 bridgehead atoms. The first-order chi connectivity index (χ1) is 13.1. The number of pyridine rings is 1. The summed E-state index contributed by atoms with van der Waals surface area (Å²) in [6.45, 7) is 4.02. The lowest BCUT2D eigenvalue weighted by Gasteiger charge is -2.26. The number of hydrogen-bond acceptors (Lipinski definition) is 5. The van der Waals surface area contributed by atoms with E-state index in [0.717, 1.165) is 32.6 Å². The number of amides is 2. The summed E-state index contributed by atoms with van der Waals surface area (Å²) in [7, 11) is 2.10. The fourth-order valence-corrected chi connectivity index (χ4v) is 3.61. The van der Waals surface area contributed by atoms with Crippen LogP contribution >= 0.6 is 0 Å². The second-order valence-electron chi connectivity index (χ2n) is 7.01. The molecule has 1 N–H and O–H groups in total. The van der Waals surface area contributed by atoms with Gasteiger partial charge in [-0.3, -0.25) is 19.4 Å². The molecule has 140 valence electrons. The Morgan fingerprint density at radius 2 is 1.96 bits per heavy atom. The van der Waals surface area contributed by atoms with Crippen LogP contribution in [-0.4, -0.2) is 66.4 Å². The second-order valence-corrected chi connectivity index (χ2v) is 7.01. The third-order valence-corrected chi connectivity index (χ3v) is 5.06. The van der Waals surface area contributed by atoms with E-state index < -0.39 is 0 Å². The maximum absolute atomic E-state index is 13.3. The van der Waals surface area contributed by atoms with Gasteiger partial charge in [0.15, 0.2) is 5.82 Å². The minimum absolute atomic E-state index is 0.0801. The predicted molar refractivity (Wildman–Crippen MR) is 104 cm³/mol. The van der Waals surface area contributed by atoms with Gasteiger partial charge in [-0.05, 0) is 50.8 Å². The number of likely N-dealkylation sites (N-methyl/N-ethyl adjacent to an activating group) is 1. The fraction of sp³-hybridized carbons (Fsp3) is 0.350. The largest absolute Gasteiger partial charge is 0.319 e. The first kappa shape index (κ1) is 17.6. The van der Waals surface area contributed by atoms with Gasteiger partial charge in [0.25, 0.3) is 5.91 Å². The molecule has 7 nitrogen and oxygen atoms in total. The Hall–Kier alpha value is -2.77. The zero-order chi connectivity index (χ0) is 18.8. The molecule has 2 aliphatic rings. The third-order valence-electron chi connectivity index (χ3n) is 5.06. The average molecular weight is 365 g/mol. The third kappa shape index (κ3) is 3.56. The van der Waals surface area contributed by atoms with E-state index in [0.29, 0.717) is 29.3 Å². The zero-order valence-electron chi connectivity index (χ0n) is 15.4. The molecule has 1 fully saturated rings. The first-order valence-corrected chi connectivity index (χ1v) is 9.23. The van der Waals surface area contributed by atoms with Crippen molar-refractivity contribution in [2.24, 2.45) is 0 Å². The van der Waals surface area contributed by atoms with Gasteiger partial charge in [-0.25, -0.2) is 4.98 Å². The van der Waals surface area contributed by atoms with Crippen molar-refractivity contribution in [3.05, 3.63) is 48.2 Å². The van der Waals surface area contributed by atoms with Gasteiger partial charge in [0, 0.05) is 19.3 Å². The van der Waals surface area contributed by atoms with Gasteiger partial charge in [0.1, 0.15) is 0 Å². The molecule has 1 aromatic carbocycles. The van der Waals surface area contributed by atoms with E-state index in [-0.39, 0.29) is 11.8 Å². The van der Waals surface area contributed by atoms with Crippen LogP contribution in [0.3, 0.4) is 0 Å². The molecule has 1 saturated heterocycles. The summed E-state index contributed by atoms with van der Waals surface area (Å²) < 4.78 is 0. The number of carbonyl (C=O) groups excluding carboxylic acids is 2. The number of para-hydroxylation sites is 1. The van der Waals surface area contributed by atoms with E-state index in [2.05, 4.69) is 27.1 Å². The quantitative estimate of drug-likeness (QED) is 0.881. The van der Waals surface area contributed by atoms with Gasteiger partial charge in [-0.2, -0.15) is 0 Å². The standard InChI is InChI=1S/C20H23N5O2/c1-23-10-5-11-24(13-12-23)14-18(26)25-17-8-3-2-6-15(17)20(27)22-16-7-4-9-21-19(16)25/h2-4,6-9H,5,10-14H2,1H3,(H,22,27). The molecule has 3 heterocycles. The lowest BCUT2D eigenvalue weighted by Crippen LogP contribution is -2.40. The summed E-state index contributed by atoms with van der Waals surface area (Å²) in [6.07, 6.45) is 2.68. The van der Waals surface area contributed by atoms with Crippen LogP contribution in [-0.2, 0) is 4.79 Å². The van der Waals surface area contributed by atoms with Crippen molar-refractivity contribution >= 4 is 29.0 Å². The molecule has 0 aliphatic carbocycles. The zero-order valence-corrected chi connectivity index (χ0v) is 15.4. The molecule has 27 heavy (non-hydrogen) atoms. The number of carbonyl (C=O) groups is 2. The van der Waals surface area contributed by atoms with Crippen molar-refractivity contribution in [2.75, 3.05) is 50.0 Å². The maximum atomic E-state index is 13.3. The predicted octanol–water partition coefficient (Wildman–Crippen LogP) is 1.95. The fourth-order valence-electron chi connectivity index (χ4n) is 3.61. The summed E-state index contributed by atoms with van der Waals surface area (Å²) in [6, 6.07) is 10.7. The van der Waals surface area contributed by atoms with Crippen LogP contribution in [0, 0.1) is 0 Å². The van der Waals surface area contributed by atoms with Crippen LogP contribution in [0.1, 0.15) is 16.8 Å². The SMILES string of the molecule is CN1CCCN(CC(=O)N2c3ccccc3C(=O)Nc3cccnc32)CC1. The number of fused-ring (bicyclic) bond motifs is 2. The minimum atomic E-state index is -0.230. The lowest BCUT2D eigenvalue weighted by molar-refractivity contribution is -0.119. The molecule has 4 rings (SSSR count). The van der Waals surface area contributed by atoms with Crippen molar-refractivity contribution in [2.45, 2.75) is 6.42 Å². The molecule has 2 amide bonds. The normalized spacial score (nSPS) is 18.1. The number of nitrogens with zero attached hydrogens (tertiary/aromatic N) is 4. The Morgan fingerprint density at radius 3 is 2.85 bits per heavy atom. The highest BCUT2D eigenvalue weighted by molar-refractivity contribution is 6.17. The van der Waals surface area contributed by atoms with Crippen molar-refractivity contribution in [3.8, 4) is 0 Å². The van der Waals surface area contributed by atoms with Crippen LogP contribution in [0.2, 0.25) is 0 Å². The minimum Gasteiger partial charge on any atom is -0.319 e. The average Bonchev–Trinajstić information content (AvgIpc) is 2.94. The van der Waals surface area contributed by atoms with Gasteiger partial charge in [-0.1, -0.05) is 12.1 Å². The van der Waals surface area contributed by atoms with E-state index in [1.165, 1.54) is 0 Å². The number of anilines is 3. The summed E-state index contributed by atoms with van der Waals surface area (Å²) in [5.41, 5.74) is 1.59. The highest BCUT2D eigenvalue weighted by atomic mass is 16.2. The topological polar surface area (TPSA) is 68.8 Å². The Balaban J connectivity index is 1.69. The van der Waals surface area contributed by atoms with Gasteiger partial charge in [0.05, 0.1) is 23.5 Å². The summed E-state index contributed by atoms with van der Waals surface area (Å²) in [5.74, 6) is 0.155. The van der Waals surface area contributed by atoms with E-state index in [9.17, 15) is 9.59 Å². The molecular weight excluding hydrogens is 342 g/mol. The molecule has 2 aliphatic heterocycles. The Morgan fingerprint density at radius 1 is 1.11 bits per heavy atom. The van der Waals surface area contributed by atoms with Gasteiger partial charge >= 0.3 is 0 Å². The molecule has 0 unspecified atom stereocenters. The molecule has 0 saturated carbocycles. The summed E-state index contributed by atoms with van der Waals surface area (Å²) in [5, 5.41) is 2.87. The molecule has 1 aromatic heterocycles. The Bertz CT molecular complexity index is 869. The smallest absolute Gasteiger partial charge is 0.257 e.